The van der Waals surface area contributed by atoms with Crippen LogP contribution >= 0.6 is 0 Å². The maximum Gasteiger partial charge on any atom is 0.416 e. The summed E-state index contributed by atoms with van der Waals surface area (Å²) < 4.78 is 56.1. The van der Waals surface area contributed by atoms with Crippen molar-refractivity contribution in [2.75, 3.05) is 6.61 Å². The fourth-order valence-corrected chi connectivity index (χ4v) is 1.95. The molecular formula is C17H14F4N2O3. The van der Waals surface area contributed by atoms with Gasteiger partial charge in [0.1, 0.15) is 11.6 Å². The molecule has 0 aliphatic carbocycles. The number of nitrogens with one attached hydrogen (secondary N) is 2. The van der Waals surface area contributed by atoms with E-state index in [9.17, 15) is 27.2 Å². The highest BCUT2D eigenvalue weighted by molar-refractivity contribution is 5.83. The SMILES string of the molecule is O=C(COc1cccc(C(F)(F)F)c1)NNC(=O)Cc1ccccc1F. The Labute approximate surface area is 145 Å². The molecule has 2 N–H and O–H groups in total. The summed E-state index contributed by atoms with van der Waals surface area (Å²) in [6.45, 7) is -0.610. The summed E-state index contributed by atoms with van der Waals surface area (Å²) in [5, 5.41) is 0. The van der Waals surface area contributed by atoms with Crippen LogP contribution in [0.15, 0.2) is 48.5 Å². The highest BCUT2D eigenvalue weighted by Crippen LogP contribution is 2.31. The third-order valence-corrected chi connectivity index (χ3v) is 3.18. The van der Waals surface area contributed by atoms with Gasteiger partial charge in [-0.1, -0.05) is 24.3 Å². The molecule has 0 spiro atoms. The Kier molecular flexibility index (Phi) is 6.16. The number of amides is 2. The zero-order valence-electron chi connectivity index (χ0n) is 13.3. The largest absolute Gasteiger partial charge is 0.484 e. The third-order valence-electron chi connectivity index (χ3n) is 3.18. The van der Waals surface area contributed by atoms with Crippen molar-refractivity contribution in [3.8, 4) is 5.75 Å². The van der Waals surface area contributed by atoms with Crippen molar-refractivity contribution in [3.05, 3.63) is 65.5 Å². The second kappa shape index (κ2) is 8.32. The van der Waals surface area contributed by atoms with Gasteiger partial charge in [0.05, 0.1) is 12.0 Å². The number of halogens is 4. The smallest absolute Gasteiger partial charge is 0.416 e. The zero-order valence-corrected chi connectivity index (χ0v) is 13.3. The topological polar surface area (TPSA) is 67.4 Å². The lowest BCUT2D eigenvalue weighted by Gasteiger charge is -2.11. The van der Waals surface area contributed by atoms with E-state index in [2.05, 4.69) is 5.43 Å². The lowest BCUT2D eigenvalue weighted by Crippen LogP contribution is -2.44. The first kappa shape index (κ1) is 19.2. The molecule has 0 unspecified atom stereocenters. The highest BCUT2D eigenvalue weighted by atomic mass is 19.4. The van der Waals surface area contributed by atoms with Gasteiger partial charge in [0.15, 0.2) is 6.61 Å². The van der Waals surface area contributed by atoms with E-state index in [0.717, 1.165) is 18.2 Å². The second-order valence-electron chi connectivity index (χ2n) is 5.18. The van der Waals surface area contributed by atoms with Gasteiger partial charge in [-0.2, -0.15) is 13.2 Å². The van der Waals surface area contributed by atoms with Crippen molar-refractivity contribution in [2.24, 2.45) is 0 Å². The van der Waals surface area contributed by atoms with Crippen molar-refractivity contribution in [2.45, 2.75) is 12.6 Å². The predicted octanol–water partition coefficient (Wildman–Crippen LogP) is 2.61. The number of carbonyl (C=O) groups is 2. The van der Waals surface area contributed by atoms with E-state index >= 15 is 0 Å². The first-order chi connectivity index (χ1) is 12.3. The van der Waals surface area contributed by atoms with E-state index in [1.807, 2.05) is 5.43 Å². The first-order valence-electron chi connectivity index (χ1n) is 7.37. The molecule has 0 bridgehead atoms. The van der Waals surface area contributed by atoms with Gasteiger partial charge in [-0.3, -0.25) is 20.4 Å². The van der Waals surface area contributed by atoms with Gasteiger partial charge < -0.3 is 4.74 Å². The number of carbonyl (C=O) groups excluding carboxylic acids is 2. The van der Waals surface area contributed by atoms with Gasteiger partial charge in [-0.25, -0.2) is 4.39 Å². The van der Waals surface area contributed by atoms with E-state index in [1.54, 1.807) is 6.07 Å². The number of hydrogen-bond acceptors (Lipinski definition) is 3. The molecule has 0 fully saturated rings. The number of rotatable bonds is 5. The molecule has 5 nitrogen and oxygen atoms in total. The van der Waals surface area contributed by atoms with Crippen LogP contribution in [0.2, 0.25) is 0 Å². The second-order valence-corrected chi connectivity index (χ2v) is 5.18. The minimum Gasteiger partial charge on any atom is -0.484 e. The Morgan fingerprint density at radius 3 is 2.35 bits per heavy atom. The normalized spacial score (nSPS) is 10.9. The number of ether oxygens (including phenoxy) is 1. The monoisotopic (exact) mass is 370 g/mol. The molecule has 138 valence electrons. The van der Waals surface area contributed by atoms with E-state index in [-0.39, 0.29) is 17.7 Å². The zero-order chi connectivity index (χ0) is 19.2. The molecule has 2 aromatic rings. The molecule has 2 aromatic carbocycles. The summed E-state index contributed by atoms with van der Waals surface area (Å²) in [5.41, 5.74) is 3.34. The average molecular weight is 370 g/mol. The van der Waals surface area contributed by atoms with Gasteiger partial charge in [-0.05, 0) is 29.8 Å². The lowest BCUT2D eigenvalue weighted by atomic mass is 10.1. The Morgan fingerprint density at radius 1 is 0.962 bits per heavy atom. The minimum atomic E-state index is -4.53. The highest BCUT2D eigenvalue weighted by Gasteiger charge is 2.30. The van der Waals surface area contributed by atoms with Gasteiger partial charge >= 0.3 is 6.18 Å². The van der Waals surface area contributed by atoms with Crippen LogP contribution in [0.25, 0.3) is 0 Å². The lowest BCUT2D eigenvalue weighted by molar-refractivity contribution is -0.137. The van der Waals surface area contributed by atoms with Crippen molar-refractivity contribution in [3.63, 3.8) is 0 Å². The average Bonchev–Trinajstić information content (AvgIpc) is 2.60. The van der Waals surface area contributed by atoms with Gasteiger partial charge in [0.2, 0.25) is 5.91 Å². The molecular weight excluding hydrogens is 356 g/mol. The maximum absolute atomic E-state index is 13.4. The Bertz CT molecular complexity index is 794. The standard InChI is InChI=1S/C17H14F4N2O3/c18-14-7-2-1-4-11(14)8-15(24)22-23-16(25)10-26-13-6-3-5-12(9-13)17(19,20)21/h1-7,9H,8,10H2,(H,22,24)(H,23,25). The molecule has 0 aliphatic heterocycles. The van der Waals surface area contributed by atoms with E-state index < -0.39 is 36.0 Å². The molecule has 0 atom stereocenters. The fraction of sp³-hybridized carbons (Fsp3) is 0.176. The third kappa shape index (κ3) is 5.76. The summed E-state index contributed by atoms with van der Waals surface area (Å²) in [4.78, 5) is 23.2. The minimum absolute atomic E-state index is 0.146. The Balaban J connectivity index is 1.79. The molecule has 0 aliphatic rings. The first-order valence-corrected chi connectivity index (χ1v) is 7.37. The fourth-order valence-electron chi connectivity index (χ4n) is 1.95. The Hall–Kier alpha value is -3.10. The van der Waals surface area contributed by atoms with Crippen molar-refractivity contribution < 1.29 is 31.9 Å². The van der Waals surface area contributed by atoms with E-state index in [0.29, 0.717) is 0 Å². The molecule has 0 radical (unpaired) electrons. The van der Waals surface area contributed by atoms with Crippen molar-refractivity contribution in [1.82, 2.24) is 10.9 Å². The molecule has 9 heteroatoms. The summed E-state index contributed by atoms with van der Waals surface area (Å²) in [6.07, 6.45) is -4.82. The molecule has 2 amide bonds. The van der Waals surface area contributed by atoms with Crippen LogP contribution in [0.1, 0.15) is 11.1 Å². The summed E-state index contributed by atoms with van der Waals surface area (Å²) in [7, 11) is 0. The molecule has 0 aromatic heterocycles. The van der Waals surface area contributed by atoms with Crippen LogP contribution < -0.4 is 15.6 Å². The predicted molar refractivity (Wildman–Crippen MR) is 83.3 cm³/mol. The van der Waals surface area contributed by atoms with E-state index in [4.69, 9.17) is 4.74 Å². The Morgan fingerprint density at radius 2 is 1.65 bits per heavy atom. The molecule has 26 heavy (non-hydrogen) atoms. The number of benzene rings is 2. The van der Waals surface area contributed by atoms with Gasteiger partial charge in [0.25, 0.3) is 5.91 Å². The van der Waals surface area contributed by atoms with Gasteiger partial charge in [0, 0.05) is 0 Å². The van der Waals surface area contributed by atoms with Crippen LogP contribution in [-0.2, 0) is 22.2 Å². The van der Waals surface area contributed by atoms with E-state index in [1.165, 1.54) is 24.3 Å². The summed E-state index contributed by atoms with van der Waals surface area (Å²) in [5.74, 6) is -2.15. The molecule has 2 rings (SSSR count). The number of hydrazine groups is 1. The quantitative estimate of drug-likeness (QED) is 0.628. The summed E-state index contributed by atoms with van der Waals surface area (Å²) in [6, 6.07) is 9.69. The maximum atomic E-state index is 13.4. The number of alkyl halides is 3. The van der Waals surface area contributed by atoms with Crippen LogP contribution in [0.4, 0.5) is 17.6 Å². The van der Waals surface area contributed by atoms with Crippen molar-refractivity contribution >= 4 is 11.8 Å². The van der Waals surface area contributed by atoms with Crippen LogP contribution in [0, 0.1) is 5.82 Å². The molecule has 0 saturated carbocycles. The molecule has 0 heterocycles. The van der Waals surface area contributed by atoms with Crippen LogP contribution in [0.5, 0.6) is 5.75 Å². The van der Waals surface area contributed by atoms with Crippen LogP contribution in [-0.4, -0.2) is 18.4 Å². The summed E-state index contributed by atoms with van der Waals surface area (Å²) >= 11 is 0. The number of hydrogen-bond donors (Lipinski definition) is 2. The van der Waals surface area contributed by atoms with Crippen LogP contribution in [0.3, 0.4) is 0 Å². The van der Waals surface area contributed by atoms with Gasteiger partial charge in [-0.15, -0.1) is 0 Å². The molecule has 0 saturated heterocycles. The van der Waals surface area contributed by atoms with Crippen molar-refractivity contribution in [1.29, 1.82) is 0 Å².